The zero-order chi connectivity index (χ0) is 11.3. The van der Waals surface area contributed by atoms with E-state index in [1.165, 1.54) is 0 Å². The maximum Gasteiger partial charge on any atom is 0.389 e. The first-order chi connectivity index (χ1) is 6.99. The lowest BCUT2D eigenvalue weighted by atomic mass is 10.1. The molecule has 0 aromatic rings. The molecule has 1 fully saturated rings. The lowest BCUT2D eigenvalue weighted by Gasteiger charge is -2.21. The van der Waals surface area contributed by atoms with Gasteiger partial charge in [0.2, 0.25) is 0 Å². The van der Waals surface area contributed by atoms with E-state index in [1.54, 1.807) is 11.8 Å². The van der Waals surface area contributed by atoms with Crippen LogP contribution in [0.5, 0.6) is 0 Å². The molecule has 0 saturated carbocycles. The van der Waals surface area contributed by atoms with Gasteiger partial charge in [-0.15, -0.1) is 0 Å². The second-order valence-corrected chi connectivity index (χ2v) is 4.67. The van der Waals surface area contributed by atoms with Crippen molar-refractivity contribution in [3.8, 4) is 0 Å². The van der Waals surface area contributed by atoms with Gasteiger partial charge in [0, 0.05) is 30.9 Å². The zero-order valence-corrected chi connectivity index (χ0v) is 9.09. The largest absolute Gasteiger partial charge is 0.389 e. The molecule has 1 unspecified atom stereocenters. The summed E-state index contributed by atoms with van der Waals surface area (Å²) in [5.41, 5.74) is 0. The molecule has 0 radical (unpaired) electrons. The normalized spacial score (nSPS) is 22.7. The highest BCUT2D eigenvalue weighted by Gasteiger charge is 2.27. The summed E-state index contributed by atoms with van der Waals surface area (Å²) in [6, 6.07) is -0.239. The Morgan fingerprint density at radius 2 is 2.20 bits per heavy atom. The highest BCUT2D eigenvalue weighted by atomic mass is 32.2. The van der Waals surface area contributed by atoms with E-state index in [1.807, 2.05) is 0 Å². The van der Waals surface area contributed by atoms with Gasteiger partial charge >= 0.3 is 6.18 Å². The van der Waals surface area contributed by atoms with Crippen LogP contribution in [0.15, 0.2) is 0 Å². The third-order valence-electron chi connectivity index (χ3n) is 2.19. The summed E-state index contributed by atoms with van der Waals surface area (Å²) in [6.45, 7) is 0.764. The van der Waals surface area contributed by atoms with Gasteiger partial charge in [-0.2, -0.15) is 24.9 Å². The van der Waals surface area contributed by atoms with Gasteiger partial charge in [0.1, 0.15) is 0 Å². The van der Waals surface area contributed by atoms with Crippen LogP contribution in [0.4, 0.5) is 13.2 Å². The van der Waals surface area contributed by atoms with Crippen molar-refractivity contribution in [1.29, 1.82) is 0 Å². The van der Waals surface area contributed by atoms with Crippen LogP contribution < -0.4 is 5.32 Å². The summed E-state index contributed by atoms with van der Waals surface area (Å²) in [5, 5.41) is 3.01. The Morgan fingerprint density at radius 1 is 1.47 bits per heavy atom. The molecule has 15 heavy (non-hydrogen) atoms. The lowest BCUT2D eigenvalue weighted by Crippen LogP contribution is -2.43. The Hall–Kier alpha value is -0.230. The number of thioether (sulfide) groups is 1. The predicted octanol–water partition coefficient (Wildman–Crippen LogP) is 1.99. The second kappa shape index (κ2) is 5.75. The van der Waals surface area contributed by atoms with Crippen molar-refractivity contribution in [3.05, 3.63) is 0 Å². The van der Waals surface area contributed by atoms with E-state index < -0.39 is 12.6 Å². The Balaban J connectivity index is 2.17. The van der Waals surface area contributed by atoms with Crippen LogP contribution in [0.25, 0.3) is 0 Å². The van der Waals surface area contributed by atoms with Crippen molar-refractivity contribution in [2.75, 3.05) is 18.1 Å². The third kappa shape index (κ3) is 5.41. The fourth-order valence-electron chi connectivity index (χ4n) is 1.41. The molecule has 1 aliphatic rings. The van der Waals surface area contributed by atoms with Crippen LogP contribution in [0, 0.1) is 0 Å². The first kappa shape index (κ1) is 12.8. The summed E-state index contributed by atoms with van der Waals surface area (Å²) >= 11 is 1.66. The predicted molar refractivity (Wildman–Crippen MR) is 54.0 cm³/mol. The van der Waals surface area contributed by atoms with Crippen molar-refractivity contribution < 1.29 is 18.0 Å². The minimum atomic E-state index is -4.14. The molecule has 0 aromatic carbocycles. The van der Waals surface area contributed by atoms with Crippen molar-refractivity contribution in [2.24, 2.45) is 0 Å². The molecule has 1 heterocycles. The molecule has 6 heteroatoms. The minimum Gasteiger partial charge on any atom is -0.306 e. The molecule has 0 aliphatic carbocycles. The Bertz CT molecular complexity index is 214. The number of Topliss-reactive ketones (excluding diaryl/α,β-unsaturated/α-hetero) is 1. The van der Waals surface area contributed by atoms with E-state index in [0.29, 0.717) is 5.75 Å². The molecule has 1 aliphatic heterocycles. The van der Waals surface area contributed by atoms with Crippen molar-refractivity contribution in [1.82, 2.24) is 5.32 Å². The molecule has 1 rings (SSSR count). The molecule has 1 N–H and O–H groups in total. The third-order valence-corrected chi connectivity index (χ3v) is 3.26. The molecule has 2 nitrogen and oxygen atoms in total. The molecule has 0 amide bonds. The summed E-state index contributed by atoms with van der Waals surface area (Å²) in [7, 11) is 0. The van der Waals surface area contributed by atoms with Crippen LogP contribution in [-0.2, 0) is 4.79 Å². The quantitative estimate of drug-likeness (QED) is 0.816. The summed E-state index contributed by atoms with van der Waals surface area (Å²) in [6.07, 6.45) is -5.07. The van der Waals surface area contributed by atoms with Gasteiger partial charge in [0.15, 0.2) is 5.78 Å². The lowest BCUT2D eigenvalue weighted by molar-refractivity contribution is -0.137. The van der Waals surface area contributed by atoms with Gasteiger partial charge in [-0.25, -0.2) is 0 Å². The molecule has 0 aromatic heterocycles. The number of nitrogens with one attached hydrogen (secondary N) is 1. The molecular weight excluding hydrogens is 227 g/mol. The van der Waals surface area contributed by atoms with Crippen molar-refractivity contribution >= 4 is 17.5 Å². The fraction of sp³-hybridized carbons (Fsp3) is 0.889. The SMILES string of the molecule is O=C(CCCC(F)(F)F)C1CSCCN1. The Kier molecular flexibility index (Phi) is 4.92. The summed E-state index contributed by atoms with van der Waals surface area (Å²) in [4.78, 5) is 11.4. The molecular formula is C9H14F3NOS. The van der Waals surface area contributed by atoms with Crippen LogP contribution in [0.2, 0.25) is 0 Å². The zero-order valence-electron chi connectivity index (χ0n) is 8.27. The highest BCUT2D eigenvalue weighted by molar-refractivity contribution is 7.99. The number of carbonyl (C=O) groups is 1. The highest BCUT2D eigenvalue weighted by Crippen LogP contribution is 2.22. The van der Waals surface area contributed by atoms with Gasteiger partial charge in [0.05, 0.1) is 6.04 Å². The topological polar surface area (TPSA) is 29.1 Å². The fourth-order valence-corrected chi connectivity index (χ4v) is 2.38. The molecule has 0 bridgehead atoms. The number of halogens is 3. The molecule has 88 valence electrons. The minimum absolute atomic E-state index is 0.0255. The Morgan fingerprint density at radius 3 is 2.73 bits per heavy atom. The van der Waals surface area contributed by atoms with E-state index in [4.69, 9.17) is 0 Å². The number of alkyl halides is 3. The van der Waals surface area contributed by atoms with Crippen molar-refractivity contribution in [2.45, 2.75) is 31.5 Å². The van der Waals surface area contributed by atoms with Gasteiger partial charge in [-0.05, 0) is 6.42 Å². The maximum atomic E-state index is 11.8. The van der Waals surface area contributed by atoms with Crippen LogP contribution in [0.1, 0.15) is 19.3 Å². The number of rotatable bonds is 4. The van der Waals surface area contributed by atoms with Gasteiger partial charge < -0.3 is 5.32 Å². The standard InChI is InChI=1S/C9H14F3NOS/c10-9(11,12)3-1-2-8(14)7-6-15-5-4-13-7/h7,13H,1-6H2. The average molecular weight is 241 g/mol. The monoisotopic (exact) mass is 241 g/mol. The summed E-state index contributed by atoms with van der Waals surface area (Å²) < 4.78 is 35.5. The smallest absolute Gasteiger partial charge is 0.306 e. The Labute approximate surface area is 91.0 Å². The number of hydrogen-bond donors (Lipinski definition) is 1. The average Bonchev–Trinajstić information content (AvgIpc) is 2.17. The van der Waals surface area contributed by atoms with E-state index in [-0.39, 0.29) is 24.7 Å². The summed E-state index contributed by atoms with van der Waals surface area (Å²) in [5.74, 6) is 1.56. The molecule has 1 atom stereocenters. The van der Waals surface area contributed by atoms with E-state index in [0.717, 1.165) is 12.3 Å². The maximum absolute atomic E-state index is 11.8. The van der Waals surface area contributed by atoms with E-state index >= 15 is 0 Å². The van der Waals surface area contributed by atoms with Crippen LogP contribution >= 0.6 is 11.8 Å². The first-order valence-electron chi connectivity index (χ1n) is 4.89. The van der Waals surface area contributed by atoms with Gasteiger partial charge in [-0.1, -0.05) is 0 Å². The van der Waals surface area contributed by atoms with Crippen LogP contribution in [0.3, 0.4) is 0 Å². The van der Waals surface area contributed by atoms with E-state index in [9.17, 15) is 18.0 Å². The molecule has 0 spiro atoms. The number of carbonyl (C=O) groups excluding carboxylic acids is 1. The van der Waals surface area contributed by atoms with E-state index in [2.05, 4.69) is 5.32 Å². The van der Waals surface area contributed by atoms with Gasteiger partial charge in [-0.3, -0.25) is 4.79 Å². The number of hydrogen-bond acceptors (Lipinski definition) is 3. The molecule has 1 saturated heterocycles. The number of ketones is 1. The van der Waals surface area contributed by atoms with Crippen molar-refractivity contribution in [3.63, 3.8) is 0 Å². The second-order valence-electron chi connectivity index (χ2n) is 3.52. The first-order valence-corrected chi connectivity index (χ1v) is 6.05. The van der Waals surface area contributed by atoms with Crippen LogP contribution in [-0.4, -0.2) is 36.1 Å². The van der Waals surface area contributed by atoms with Gasteiger partial charge in [0.25, 0.3) is 0 Å².